The Kier molecular flexibility index (Phi) is 4.81. The van der Waals surface area contributed by atoms with E-state index in [1.807, 2.05) is 6.07 Å². The second-order valence-corrected chi connectivity index (χ2v) is 5.08. The highest BCUT2D eigenvalue weighted by Crippen LogP contribution is 2.20. The molecule has 2 nitrogen and oxygen atoms in total. The zero-order valence-corrected chi connectivity index (χ0v) is 10.6. The van der Waals surface area contributed by atoms with Gasteiger partial charge in [-0.3, -0.25) is 0 Å². The molecule has 90 valence electrons. The first-order valence-corrected chi connectivity index (χ1v) is 6.01. The standard InChI is InChI=1S/C14H23NO/c1-4-7-12-8-5-6-9-13(12)15-10-14(2,3)11-16/h5-6,8-9,15-16H,4,7,10-11H2,1-3H3. The molecule has 1 aromatic rings. The lowest BCUT2D eigenvalue weighted by atomic mass is 9.94. The molecular weight excluding hydrogens is 198 g/mol. The van der Waals surface area contributed by atoms with Crippen LogP contribution < -0.4 is 5.32 Å². The summed E-state index contributed by atoms with van der Waals surface area (Å²) in [6.07, 6.45) is 2.25. The summed E-state index contributed by atoms with van der Waals surface area (Å²) < 4.78 is 0. The van der Waals surface area contributed by atoms with Gasteiger partial charge in [-0.2, -0.15) is 0 Å². The van der Waals surface area contributed by atoms with E-state index in [-0.39, 0.29) is 12.0 Å². The number of para-hydroxylation sites is 1. The van der Waals surface area contributed by atoms with Crippen molar-refractivity contribution in [3.8, 4) is 0 Å². The van der Waals surface area contributed by atoms with Gasteiger partial charge >= 0.3 is 0 Å². The van der Waals surface area contributed by atoms with E-state index in [4.69, 9.17) is 0 Å². The molecule has 0 saturated carbocycles. The summed E-state index contributed by atoms with van der Waals surface area (Å²) in [6.45, 7) is 7.31. The van der Waals surface area contributed by atoms with Crippen molar-refractivity contribution in [1.82, 2.24) is 0 Å². The molecule has 0 aliphatic carbocycles. The third kappa shape index (κ3) is 3.86. The van der Waals surface area contributed by atoms with Crippen LogP contribution in [0.4, 0.5) is 5.69 Å². The third-order valence-electron chi connectivity index (χ3n) is 2.72. The molecule has 0 spiro atoms. The Morgan fingerprint density at radius 2 is 1.94 bits per heavy atom. The lowest BCUT2D eigenvalue weighted by Crippen LogP contribution is -2.27. The van der Waals surface area contributed by atoms with Crippen LogP contribution in [-0.4, -0.2) is 18.3 Å². The van der Waals surface area contributed by atoms with E-state index < -0.39 is 0 Å². The van der Waals surface area contributed by atoms with E-state index in [0.29, 0.717) is 0 Å². The van der Waals surface area contributed by atoms with Gasteiger partial charge in [0.05, 0.1) is 0 Å². The van der Waals surface area contributed by atoms with E-state index in [1.54, 1.807) is 0 Å². The van der Waals surface area contributed by atoms with E-state index in [1.165, 1.54) is 11.3 Å². The Morgan fingerprint density at radius 1 is 1.25 bits per heavy atom. The van der Waals surface area contributed by atoms with E-state index in [2.05, 4.69) is 44.3 Å². The quantitative estimate of drug-likeness (QED) is 0.773. The Hall–Kier alpha value is -1.02. The van der Waals surface area contributed by atoms with Crippen LogP contribution in [0.3, 0.4) is 0 Å². The van der Waals surface area contributed by atoms with Crippen LogP contribution in [-0.2, 0) is 6.42 Å². The molecule has 0 unspecified atom stereocenters. The van der Waals surface area contributed by atoms with E-state index in [0.717, 1.165) is 19.4 Å². The van der Waals surface area contributed by atoms with Gasteiger partial charge in [-0.1, -0.05) is 45.4 Å². The van der Waals surface area contributed by atoms with Gasteiger partial charge in [0, 0.05) is 24.3 Å². The summed E-state index contributed by atoms with van der Waals surface area (Å²) in [5, 5.41) is 12.6. The number of aryl methyl sites for hydroxylation is 1. The van der Waals surface area contributed by atoms with Crippen LogP contribution in [0.2, 0.25) is 0 Å². The molecule has 16 heavy (non-hydrogen) atoms. The first kappa shape index (κ1) is 13.0. The zero-order valence-electron chi connectivity index (χ0n) is 10.6. The number of aliphatic hydroxyl groups is 1. The Labute approximate surface area is 98.7 Å². The average molecular weight is 221 g/mol. The zero-order chi connectivity index (χ0) is 12.0. The summed E-state index contributed by atoms with van der Waals surface area (Å²) in [5.74, 6) is 0. The fourth-order valence-electron chi connectivity index (χ4n) is 1.57. The van der Waals surface area contributed by atoms with Crippen molar-refractivity contribution in [2.45, 2.75) is 33.6 Å². The van der Waals surface area contributed by atoms with Crippen molar-refractivity contribution in [3.63, 3.8) is 0 Å². The number of rotatable bonds is 6. The minimum Gasteiger partial charge on any atom is -0.396 e. The Morgan fingerprint density at radius 3 is 2.56 bits per heavy atom. The fourth-order valence-corrected chi connectivity index (χ4v) is 1.57. The van der Waals surface area contributed by atoms with Gasteiger partial charge in [-0.25, -0.2) is 0 Å². The number of anilines is 1. The lowest BCUT2D eigenvalue weighted by Gasteiger charge is -2.23. The van der Waals surface area contributed by atoms with Crippen molar-refractivity contribution < 1.29 is 5.11 Å². The van der Waals surface area contributed by atoms with Crippen molar-refractivity contribution in [3.05, 3.63) is 29.8 Å². The van der Waals surface area contributed by atoms with Gasteiger partial charge in [0.15, 0.2) is 0 Å². The predicted molar refractivity (Wildman–Crippen MR) is 69.8 cm³/mol. The SMILES string of the molecule is CCCc1ccccc1NCC(C)(C)CO. The second-order valence-electron chi connectivity index (χ2n) is 5.08. The van der Waals surface area contributed by atoms with Crippen LogP contribution >= 0.6 is 0 Å². The molecule has 0 atom stereocenters. The predicted octanol–water partition coefficient (Wildman–Crippen LogP) is 3.07. The molecule has 0 aliphatic heterocycles. The van der Waals surface area contributed by atoms with Gasteiger partial charge in [0.25, 0.3) is 0 Å². The monoisotopic (exact) mass is 221 g/mol. The van der Waals surface area contributed by atoms with Crippen LogP contribution in [0.1, 0.15) is 32.8 Å². The minimum atomic E-state index is -0.0701. The molecular formula is C14H23NO. The number of hydrogen-bond acceptors (Lipinski definition) is 2. The highest BCUT2D eigenvalue weighted by molar-refractivity contribution is 5.51. The van der Waals surface area contributed by atoms with Crippen LogP contribution in [0, 0.1) is 5.41 Å². The molecule has 0 radical (unpaired) electrons. The Balaban J connectivity index is 2.66. The first-order valence-electron chi connectivity index (χ1n) is 6.01. The summed E-state index contributed by atoms with van der Waals surface area (Å²) in [7, 11) is 0. The van der Waals surface area contributed by atoms with Crippen molar-refractivity contribution in [1.29, 1.82) is 0 Å². The summed E-state index contributed by atoms with van der Waals surface area (Å²) in [4.78, 5) is 0. The smallest absolute Gasteiger partial charge is 0.0498 e. The summed E-state index contributed by atoms with van der Waals surface area (Å²) in [5.41, 5.74) is 2.49. The van der Waals surface area contributed by atoms with Crippen molar-refractivity contribution in [2.75, 3.05) is 18.5 Å². The molecule has 1 aromatic carbocycles. The van der Waals surface area contributed by atoms with Crippen molar-refractivity contribution in [2.24, 2.45) is 5.41 Å². The number of hydrogen-bond donors (Lipinski definition) is 2. The average Bonchev–Trinajstić information content (AvgIpc) is 2.28. The normalized spacial score (nSPS) is 11.5. The number of benzene rings is 1. The second kappa shape index (κ2) is 5.90. The molecule has 1 rings (SSSR count). The molecule has 0 fully saturated rings. The van der Waals surface area contributed by atoms with Gasteiger partial charge in [-0.05, 0) is 18.1 Å². The van der Waals surface area contributed by atoms with E-state index >= 15 is 0 Å². The molecule has 0 saturated heterocycles. The third-order valence-corrected chi connectivity index (χ3v) is 2.72. The van der Waals surface area contributed by atoms with Crippen LogP contribution in [0.15, 0.2) is 24.3 Å². The molecule has 0 aromatic heterocycles. The van der Waals surface area contributed by atoms with Crippen molar-refractivity contribution >= 4 is 5.69 Å². The number of aliphatic hydroxyl groups excluding tert-OH is 1. The van der Waals surface area contributed by atoms with E-state index in [9.17, 15) is 5.11 Å². The van der Waals surface area contributed by atoms with Crippen LogP contribution in [0.5, 0.6) is 0 Å². The molecule has 0 bridgehead atoms. The lowest BCUT2D eigenvalue weighted by molar-refractivity contribution is 0.171. The Bertz CT molecular complexity index is 320. The highest BCUT2D eigenvalue weighted by atomic mass is 16.3. The summed E-state index contributed by atoms with van der Waals surface area (Å²) >= 11 is 0. The molecule has 2 N–H and O–H groups in total. The molecule has 0 heterocycles. The minimum absolute atomic E-state index is 0.0701. The molecule has 0 amide bonds. The summed E-state index contributed by atoms with van der Waals surface area (Å²) in [6, 6.07) is 8.40. The molecule has 0 aliphatic rings. The largest absolute Gasteiger partial charge is 0.396 e. The topological polar surface area (TPSA) is 32.3 Å². The first-order chi connectivity index (χ1) is 7.59. The maximum Gasteiger partial charge on any atom is 0.0498 e. The molecule has 2 heteroatoms. The number of nitrogens with one attached hydrogen (secondary N) is 1. The van der Waals surface area contributed by atoms with Gasteiger partial charge in [-0.15, -0.1) is 0 Å². The highest BCUT2D eigenvalue weighted by Gasteiger charge is 2.16. The van der Waals surface area contributed by atoms with Gasteiger partial charge in [0.1, 0.15) is 0 Å². The maximum absolute atomic E-state index is 9.20. The maximum atomic E-state index is 9.20. The fraction of sp³-hybridized carbons (Fsp3) is 0.571. The van der Waals surface area contributed by atoms with Crippen LogP contribution in [0.25, 0.3) is 0 Å². The van der Waals surface area contributed by atoms with Gasteiger partial charge in [0.2, 0.25) is 0 Å². The van der Waals surface area contributed by atoms with Gasteiger partial charge < -0.3 is 10.4 Å².